The Hall–Kier alpha value is -1.62. The van der Waals surface area contributed by atoms with Gasteiger partial charge in [-0.1, -0.05) is 283 Å². The summed E-state index contributed by atoms with van der Waals surface area (Å²) in [6, 6.07) is 0. The monoisotopic (exact) mass is 957 g/mol. The Morgan fingerprint density at radius 1 is 0.309 bits per heavy atom. The molecule has 0 amide bonds. The highest BCUT2D eigenvalue weighted by Gasteiger charge is 2.18. The summed E-state index contributed by atoms with van der Waals surface area (Å²) >= 11 is 0. The zero-order valence-corrected chi connectivity index (χ0v) is 46.4. The molecule has 0 fully saturated rings. The summed E-state index contributed by atoms with van der Waals surface area (Å²) in [4.78, 5) is 25.6. The Morgan fingerprint density at radius 3 is 0.912 bits per heavy atom. The summed E-state index contributed by atoms with van der Waals surface area (Å²) in [5.41, 5.74) is 0. The molecule has 0 aliphatic rings. The lowest BCUT2D eigenvalue weighted by atomic mass is 10.0. The van der Waals surface area contributed by atoms with Crippen LogP contribution in [0.1, 0.15) is 342 Å². The van der Waals surface area contributed by atoms with E-state index < -0.39 is 6.10 Å². The molecule has 5 heteroatoms. The van der Waals surface area contributed by atoms with Crippen molar-refractivity contribution in [3.05, 3.63) is 24.3 Å². The van der Waals surface area contributed by atoms with Gasteiger partial charge in [0.25, 0.3) is 0 Å². The Balaban J connectivity index is 4.19. The second kappa shape index (κ2) is 59.7. The highest BCUT2D eigenvalue weighted by molar-refractivity contribution is 5.70. The smallest absolute Gasteiger partial charge is 0.306 e. The van der Waals surface area contributed by atoms with Gasteiger partial charge in [-0.2, -0.15) is 0 Å². The third-order valence-corrected chi connectivity index (χ3v) is 14.0. The van der Waals surface area contributed by atoms with E-state index in [4.69, 9.17) is 14.2 Å². The lowest BCUT2D eigenvalue weighted by Gasteiger charge is -2.18. The highest BCUT2D eigenvalue weighted by Crippen LogP contribution is 2.17. The molecular formula is C63H120O5. The largest absolute Gasteiger partial charge is 0.462 e. The molecule has 0 saturated carbocycles. The van der Waals surface area contributed by atoms with Gasteiger partial charge in [-0.05, 0) is 70.6 Å². The third-order valence-electron chi connectivity index (χ3n) is 14.0. The van der Waals surface area contributed by atoms with E-state index in [1.165, 1.54) is 276 Å². The van der Waals surface area contributed by atoms with Crippen LogP contribution in [0.25, 0.3) is 0 Å². The van der Waals surface area contributed by atoms with Crippen LogP contribution in [0, 0.1) is 0 Å². The van der Waals surface area contributed by atoms with E-state index in [1.807, 2.05) is 0 Å². The summed E-state index contributed by atoms with van der Waals surface area (Å²) in [7, 11) is 0. The quantitative estimate of drug-likeness (QED) is 0.0345. The first-order chi connectivity index (χ1) is 33.6. The maximum absolute atomic E-state index is 12.9. The molecule has 0 aromatic heterocycles. The van der Waals surface area contributed by atoms with Crippen LogP contribution in [-0.2, 0) is 23.8 Å². The van der Waals surface area contributed by atoms with Gasteiger partial charge >= 0.3 is 11.9 Å². The molecule has 0 radical (unpaired) electrons. The van der Waals surface area contributed by atoms with Crippen molar-refractivity contribution in [2.24, 2.45) is 0 Å². The first kappa shape index (κ1) is 66.4. The zero-order chi connectivity index (χ0) is 49.2. The minimum atomic E-state index is -0.533. The fourth-order valence-corrected chi connectivity index (χ4v) is 9.33. The van der Waals surface area contributed by atoms with Gasteiger partial charge in [-0.3, -0.25) is 9.59 Å². The van der Waals surface area contributed by atoms with Crippen LogP contribution in [-0.4, -0.2) is 37.9 Å². The minimum absolute atomic E-state index is 0.0908. The van der Waals surface area contributed by atoms with Gasteiger partial charge in [0.05, 0.1) is 6.61 Å². The van der Waals surface area contributed by atoms with Crippen molar-refractivity contribution in [2.45, 2.75) is 348 Å². The van der Waals surface area contributed by atoms with E-state index >= 15 is 0 Å². The SMILES string of the molecule is CCCCCC/C=C\CCCCCCCCCC(=O)O[C@H](COCCCCCCCCCCCCCCCCCC)COC(=O)CCCCCCCCCCCCC/C=C\CCCCCCCC. The number of unbranched alkanes of at least 4 members (excludes halogenated alkanes) is 43. The van der Waals surface area contributed by atoms with Gasteiger partial charge in [-0.25, -0.2) is 0 Å². The summed E-state index contributed by atoms with van der Waals surface area (Å²) in [6.07, 6.45) is 72.1. The molecule has 0 rings (SSSR count). The summed E-state index contributed by atoms with van der Waals surface area (Å²) in [5, 5.41) is 0. The number of hydrogen-bond donors (Lipinski definition) is 0. The molecule has 1 atom stereocenters. The number of ether oxygens (including phenoxy) is 3. The molecule has 0 aliphatic heterocycles. The van der Waals surface area contributed by atoms with Crippen LogP contribution in [0.2, 0.25) is 0 Å². The highest BCUT2D eigenvalue weighted by atomic mass is 16.6. The van der Waals surface area contributed by atoms with Crippen molar-refractivity contribution in [3.8, 4) is 0 Å². The van der Waals surface area contributed by atoms with E-state index in [2.05, 4.69) is 45.1 Å². The molecule has 402 valence electrons. The van der Waals surface area contributed by atoms with Crippen LogP contribution >= 0.6 is 0 Å². The topological polar surface area (TPSA) is 61.8 Å². The van der Waals surface area contributed by atoms with Crippen LogP contribution in [0.4, 0.5) is 0 Å². The van der Waals surface area contributed by atoms with E-state index in [9.17, 15) is 9.59 Å². The first-order valence-corrected chi connectivity index (χ1v) is 30.9. The van der Waals surface area contributed by atoms with Crippen molar-refractivity contribution in [1.29, 1.82) is 0 Å². The Morgan fingerprint density at radius 2 is 0.574 bits per heavy atom. The average molecular weight is 958 g/mol. The van der Waals surface area contributed by atoms with E-state index in [1.54, 1.807) is 0 Å². The van der Waals surface area contributed by atoms with E-state index in [0.29, 0.717) is 26.1 Å². The number of carbonyl (C=O) groups is 2. The number of rotatable bonds is 58. The molecule has 68 heavy (non-hydrogen) atoms. The summed E-state index contributed by atoms with van der Waals surface area (Å²) < 4.78 is 17.5. The van der Waals surface area contributed by atoms with Gasteiger partial charge in [0.2, 0.25) is 0 Å². The molecule has 0 bridgehead atoms. The molecular weight excluding hydrogens is 837 g/mol. The molecule has 0 aromatic carbocycles. The van der Waals surface area contributed by atoms with E-state index in [-0.39, 0.29) is 18.5 Å². The van der Waals surface area contributed by atoms with Gasteiger partial charge in [0, 0.05) is 19.4 Å². The summed E-state index contributed by atoms with van der Waals surface area (Å²) in [6.45, 7) is 7.89. The van der Waals surface area contributed by atoms with Crippen molar-refractivity contribution in [3.63, 3.8) is 0 Å². The van der Waals surface area contributed by atoms with Crippen molar-refractivity contribution in [2.75, 3.05) is 19.8 Å². The van der Waals surface area contributed by atoms with E-state index in [0.717, 1.165) is 32.1 Å². The van der Waals surface area contributed by atoms with Crippen molar-refractivity contribution >= 4 is 11.9 Å². The normalized spacial score (nSPS) is 12.2. The number of carbonyl (C=O) groups excluding carboxylic acids is 2. The van der Waals surface area contributed by atoms with Crippen LogP contribution in [0.5, 0.6) is 0 Å². The van der Waals surface area contributed by atoms with Crippen molar-refractivity contribution < 1.29 is 23.8 Å². The molecule has 0 unspecified atom stereocenters. The molecule has 0 aliphatic carbocycles. The standard InChI is InChI=1S/C63H120O5/c1-4-7-10-13-16-19-22-25-28-30-31-32-33-34-36-38-41-44-47-50-53-56-62(64)67-60-61(59-66-58-55-52-49-46-43-40-37-29-26-23-20-17-14-11-8-5-2)68-63(65)57-54-51-48-45-42-39-35-27-24-21-18-15-12-9-6-3/h21,24-25,28,61H,4-20,22-23,26-27,29-60H2,1-3H3/b24-21-,28-25-/t61-/m1/s1. The van der Waals surface area contributed by atoms with Gasteiger partial charge in [0.1, 0.15) is 6.61 Å². The second-order valence-electron chi connectivity index (χ2n) is 21.0. The zero-order valence-electron chi connectivity index (χ0n) is 46.4. The summed E-state index contributed by atoms with van der Waals surface area (Å²) in [5.74, 6) is -0.379. The third kappa shape index (κ3) is 57.0. The molecule has 0 N–H and O–H groups in total. The van der Waals surface area contributed by atoms with Crippen molar-refractivity contribution in [1.82, 2.24) is 0 Å². The lowest BCUT2D eigenvalue weighted by molar-refractivity contribution is -0.163. The number of allylic oxidation sites excluding steroid dienone is 4. The first-order valence-electron chi connectivity index (χ1n) is 30.9. The Bertz CT molecular complexity index is 1040. The molecule has 0 saturated heterocycles. The maximum atomic E-state index is 12.9. The molecule has 0 heterocycles. The fourth-order valence-electron chi connectivity index (χ4n) is 9.33. The van der Waals surface area contributed by atoms with Crippen LogP contribution < -0.4 is 0 Å². The predicted octanol–water partition coefficient (Wildman–Crippen LogP) is 21.1. The fraction of sp³-hybridized carbons (Fsp3) is 0.905. The predicted molar refractivity (Wildman–Crippen MR) is 298 cm³/mol. The average Bonchev–Trinajstić information content (AvgIpc) is 3.34. The Labute approximate surface area is 426 Å². The van der Waals surface area contributed by atoms with Crippen LogP contribution in [0.15, 0.2) is 24.3 Å². The molecule has 0 spiro atoms. The lowest BCUT2D eigenvalue weighted by Crippen LogP contribution is -2.30. The Kier molecular flexibility index (Phi) is 58.3. The van der Waals surface area contributed by atoms with Crippen LogP contribution in [0.3, 0.4) is 0 Å². The van der Waals surface area contributed by atoms with Gasteiger partial charge in [-0.15, -0.1) is 0 Å². The number of hydrogen-bond acceptors (Lipinski definition) is 5. The second-order valence-corrected chi connectivity index (χ2v) is 21.0. The minimum Gasteiger partial charge on any atom is -0.462 e. The number of esters is 2. The van der Waals surface area contributed by atoms with Gasteiger partial charge < -0.3 is 14.2 Å². The molecule has 0 aromatic rings. The van der Waals surface area contributed by atoms with Gasteiger partial charge in [0.15, 0.2) is 6.10 Å². The maximum Gasteiger partial charge on any atom is 0.306 e. The molecule has 5 nitrogen and oxygen atoms in total.